The van der Waals surface area contributed by atoms with E-state index in [4.69, 9.17) is 18.9 Å². The summed E-state index contributed by atoms with van der Waals surface area (Å²) in [6, 6.07) is 9.99. The second-order valence-electron chi connectivity index (χ2n) is 5.33. The molecule has 1 aliphatic heterocycles. The summed E-state index contributed by atoms with van der Waals surface area (Å²) in [5.41, 5.74) is 1.12. The average molecular weight is 320 g/mol. The van der Waals surface area contributed by atoms with Crippen LogP contribution in [0.25, 0.3) is 0 Å². The van der Waals surface area contributed by atoms with E-state index in [-0.39, 0.29) is 24.3 Å². The molecule has 0 bridgehead atoms. The number of carbonyl (C=O) groups excluding carboxylic acids is 1. The van der Waals surface area contributed by atoms with Crippen molar-refractivity contribution in [1.29, 1.82) is 0 Å². The molecule has 5 heteroatoms. The fourth-order valence-corrected chi connectivity index (χ4v) is 2.51. The summed E-state index contributed by atoms with van der Waals surface area (Å²) in [4.78, 5) is 11.3. The Hall–Kier alpha value is -1.69. The maximum atomic E-state index is 11.3. The zero-order chi connectivity index (χ0) is 16.5. The highest BCUT2D eigenvalue weighted by Gasteiger charge is 2.34. The smallest absolute Gasteiger partial charge is 0.330 e. The number of ether oxygens (including phenoxy) is 4. The van der Waals surface area contributed by atoms with E-state index < -0.39 is 0 Å². The first-order valence-electron chi connectivity index (χ1n) is 7.87. The van der Waals surface area contributed by atoms with Crippen LogP contribution < -0.4 is 0 Å². The van der Waals surface area contributed by atoms with Crippen LogP contribution in [0.1, 0.15) is 18.9 Å². The van der Waals surface area contributed by atoms with E-state index in [9.17, 15) is 4.79 Å². The largest absolute Gasteiger partial charge is 0.463 e. The highest BCUT2D eigenvalue weighted by molar-refractivity contribution is 5.81. The number of rotatable bonds is 8. The van der Waals surface area contributed by atoms with E-state index in [1.807, 2.05) is 30.3 Å². The van der Waals surface area contributed by atoms with Crippen molar-refractivity contribution in [3.63, 3.8) is 0 Å². The van der Waals surface area contributed by atoms with Crippen LogP contribution in [0.15, 0.2) is 42.5 Å². The molecule has 0 radical (unpaired) electrons. The van der Waals surface area contributed by atoms with Gasteiger partial charge < -0.3 is 18.9 Å². The predicted molar refractivity (Wildman–Crippen MR) is 85.9 cm³/mol. The first-order valence-corrected chi connectivity index (χ1v) is 7.87. The van der Waals surface area contributed by atoms with Crippen LogP contribution in [-0.4, -0.2) is 44.6 Å². The van der Waals surface area contributed by atoms with Crippen LogP contribution in [0.4, 0.5) is 0 Å². The fraction of sp³-hybridized carbons (Fsp3) is 0.500. The van der Waals surface area contributed by atoms with Crippen LogP contribution >= 0.6 is 0 Å². The first kappa shape index (κ1) is 17.7. The van der Waals surface area contributed by atoms with Gasteiger partial charge in [-0.25, -0.2) is 4.79 Å². The minimum Gasteiger partial charge on any atom is -0.463 e. The van der Waals surface area contributed by atoms with Gasteiger partial charge in [0.2, 0.25) is 0 Å². The highest BCUT2D eigenvalue weighted by Crippen LogP contribution is 2.24. The van der Waals surface area contributed by atoms with Gasteiger partial charge in [0.05, 0.1) is 32.0 Å². The Bertz CT molecular complexity index is 499. The number of methoxy groups -OCH3 is 1. The van der Waals surface area contributed by atoms with Gasteiger partial charge in [-0.1, -0.05) is 30.3 Å². The van der Waals surface area contributed by atoms with Crippen LogP contribution in [0, 0.1) is 0 Å². The van der Waals surface area contributed by atoms with Gasteiger partial charge in [-0.05, 0) is 18.6 Å². The minimum absolute atomic E-state index is 0.0392. The lowest BCUT2D eigenvalue weighted by atomic mass is 10.1. The molecule has 0 spiro atoms. The Morgan fingerprint density at radius 2 is 2.13 bits per heavy atom. The Labute approximate surface area is 137 Å². The Balaban J connectivity index is 1.78. The van der Waals surface area contributed by atoms with Crippen LogP contribution in [0.3, 0.4) is 0 Å². The maximum Gasteiger partial charge on any atom is 0.330 e. The van der Waals surface area contributed by atoms with E-state index >= 15 is 0 Å². The molecule has 1 aromatic rings. The van der Waals surface area contributed by atoms with Crippen molar-refractivity contribution in [3.8, 4) is 0 Å². The van der Waals surface area contributed by atoms with E-state index in [1.165, 1.54) is 6.08 Å². The summed E-state index contributed by atoms with van der Waals surface area (Å²) in [6.45, 7) is 3.14. The third kappa shape index (κ3) is 5.78. The van der Waals surface area contributed by atoms with Crippen molar-refractivity contribution < 1.29 is 23.7 Å². The Morgan fingerprint density at radius 3 is 2.83 bits per heavy atom. The molecule has 0 aromatic heterocycles. The maximum absolute atomic E-state index is 11.3. The van der Waals surface area contributed by atoms with E-state index in [2.05, 4.69) is 0 Å². The van der Waals surface area contributed by atoms with Crippen molar-refractivity contribution in [2.45, 2.75) is 38.3 Å². The molecule has 0 aliphatic carbocycles. The van der Waals surface area contributed by atoms with Crippen LogP contribution in [-0.2, 0) is 30.3 Å². The molecular formula is C18H24O5. The lowest BCUT2D eigenvalue weighted by Crippen LogP contribution is -2.28. The summed E-state index contributed by atoms with van der Waals surface area (Å²) in [6.07, 6.45) is 3.50. The molecule has 1 aromatic carbocycles. The number of hydrogen-bond acceptors (Lipinski definition) is 5. The standard InChI is InChI=1S/C18H24O5/c1-3-22-18(19)10-9-15-11-16(20-2)17(23-15)13-21-12-14-7-5-4-6-8-14/h4-10,15-17H,3,11-13H2,1-2H3/b10-9+/t15?,16-,17+/m1/s1. The van der Waals surface area contributed by atoms with E-state index in [1.54, 1.807) is 20.1 Å². The van der Waals surface area contributed by atoms with Gasteiger partial charge in [0.1, 0.15) is 6.10 Å². The zero-order valence-corrected chi connectivity index (χ0v) is 13.6. The van der Waals surface area contributed by atoms with Gasteiger partial charge in [-0.2, -0.15) is 0 Å². The number of esters is 1. The Kier molecular flexibility index (Phi) is 7.26. The third-order valence-corrected chi connectivity index (χ3v) is 3.66. The molecule has 1 unspecified atom stereocenters. The minimum atomic E-state index is -0.353. The molecule has 2 rings (SSSR count). The molecule has 126 valence electrons. The summed E-state index contributed by atoms with van der Waals surface area (Å²) in [7, 11) is 1.66. The van der Waals surface area contributed by atoms with Gasteiger partial charge >= 0.3 is 5.97 Å². The van der Waals surface area contributed by atoms with Gasteiger partial charge in [0.25, 0.3) is 0 Å². The van der Waals surface area contributed by atoms with Gasteiger partial charge in [-0.3, -0.25) is 0 Å². The fourth-order valence-electron chi connectivity index (χ4n) is 2.51. The van der Waals surface area contributed by atoms with E-state index in [0.29, 0.717) is 26.2 Å². The lowest BCUT2D eigenvalue weighted by Gasteiger charge is -2.17. The van der Waals surface area contributed by atoms with Crippen molar-refractivity contribution in [1.82, 2.24) is 0 Å². The van der Waals surface area contributed by atoms with Crippen molar-refractivity contribution >= 4 is 5.97 Å². The Morgan fingerprint density at radius 1 is 1.35 bits per heavy atom. The van der Waals surface area contributed by atoms with Crippen molar-refractivity contribution in [3.05, 3.63) is 48.0 Å². The van der Waals surface area contributed by atoms with Crippen molar-refractivity contribution in [2.75, 3.05) is 20.3 Å². The van der Waals surface area contributed by atoms with Gasteiger partial charge in [0, 0.05) is 19.6 Å². The van der Waals surface area contributed by atoms with Crippen molar-refractivity contribution in [2.24, 2.45) is 0 Å². The summed E-state index contributed by atoms with van der Waals surface area (Å²) in [5, 5.41) is 0. The average Bonchev–Trinajstić information content (AvgIpc) is 2.96. The number of carbonyl (C=O) groups is 1. The van der Waals surface area contributed by atoms with Crippen LogP contribution in [0.5, 0.6) is 0 Å². The topological polar surface area (TPSA) is 54.0 Å². The molecular weight excluding hydrogens is 296 g/mol. The zero-order valence-electron chi connectivity index (χ0n) is 13.6. The summed E-state index contributed by atoms with van der Waals surface area (Å²) >= 11 is 0. The molecule has 5 nitrogen and oxygen atoms in total. The molecule has 0 saturated carbocycles. The molecule has 3 atom stereocenters. The SMILES string of the molecule is CCOC(=O)/C=C/C1C[C@@H](OC)[C@H](COCc2ccccc2)O1. The monoisotopic (exact) mass is 320 g/mol. The summed E-state index contributed by atoms with van der Waals surface area (Å²) < 4.78 is 21.9. The molecule has 1 heterocycles. The molecule has 1 fully saturated rings. The van der Waals surface area contributed by atoms with Crippen LogP contribution in [0.2, 0.25) is 0 Å². The molecule has 0 N–H and O–H groups in total. The number of hydrogen-bond donors (Lipinski definition) is 0. The molecule has 1 saturated heterocycles. The molecule has 1 aliphatic rings. The highest BCUT2D eigenvalue weighted by atomic mass is 16.6. The molecule has 23 heavy (non-hydrogen) atoms. The lowest BCUT2D eigenvalue weighted by molar-refractivity contribution is -0.137. The predicted octanol–water partition coefficient (Wildman–Crippen LogP) is 2.50. The number of benzene rings is 1. The third-order valence-electron chi connectivity index (χ3n) is 3.66. The first-order chi connectivity index (χ1) is 11.2. The second kappa shape index (κ2) is 9.45. The quantitative estimate of drug-likeness (QED) is 0.544. The normalized spacial score (nSPS) is 24.2. The van der Waals surface area contributed by atoms with Gasteiger partial charge in [0.15, 0.2) is 0 Å². The molecule has 0 amide bonds. The van der Waals surface area contributed by atoms with E-state index in [0.717, 1.165) is 5.56 Å². The summed E-state index contributed by atoms with van der Waals surface area (Å²) in [5.74, 6) is -0.353. The van der Waals surface area contributed by atoms with Gasteiger partial charge in [-0.15, -0.1) is 0 Å². The second-order valence-corrected chi connectivity index (χ2v) is 5.33.